The molecule has 0 amide bonds. The van der Waals surface area contributed by atoms with Gasteiger partial charge in [-0.2, -0.15) is 5.26 Å². The summed E-state index contributed by atoms with van der Waals surface area (Å²) in [6.45, 7) is 4.40. The molecule has 1 aromatic rings. The summed E-state index contributed by atoms with van der Waals surface area (Å²) in [5.41, 5.74) is 0.776. The molecule has 0 aliphatic carbocycles. The predicted octanol–water partition coefficient (Wildman–Crippen LogP) is 4.66. The van der Waals surface area contributed by atoms with Crippen molar-refractivity contribution in [3.05, 3.63) is 28.2 Å². The summed E-state index contributed by atoms with van der Waals surface area (Å²) in [4.78, 5) is 0. The number of hydrogen-bond acceptors (Lipinski definition) is 2. The van der Waals surface area contributed by atoms with Gasteiger partial charge < -0.3 is 4.74 Å². The summed E-state index contributed by atoms with van der Waals surface area (Å²) in [5, 5.41) is 9.66. The monoisotopic (exact) mass is 359 g/mol. The average molecular weight is 361 g/mol. The van der Waals surface area contributed by atoms with E-state index in [0.717, 1.165) is 27.5 Å². The van der Waals surface area contributed by atoms with Gasteiger partial charge in [0.25, 0.3) is 0 Å². The van der Waals surface area contributed by atoms with Crippen molar-refractivity contribution in [2.24, 2.45) is 5.41 Å². The Labute approximate surface area is 119 Å². The molecule has 0 bridgehead atoms. The van der Waals surface area contributed by atoms with E-state index >= 15 is 0 Å². The first-order chi connectivity index (χ1) is 7.98. The van der Waals surface area contributed by atoms with Crippen molar-refractivity contribution in [3.63, 3.8) is 0 Å². The van der Waals surface area contributed by atoms with Crippen LogP contribution < -0.4 is 4.74 Å². The molecule has 92 valence electrons. The highest BCUT2D eigenvalue weighted by atomic mass is 79.9. The smallest absolute Gasteiger partial charge is 0.123 e. The number of alkyl halides is 1. The second-order valence-corrected chi connectivity index (χ2v) is 5.96. The lowest BCUT2D eigenvalue weighted by Crippen LogP contribution is -2.13. The van der Waals surface area contributed by atoms with Crippen molar-refractivity contribution in [2.75, 3.05) is 6.61 Å². The highest BCUT2D eigenvalue weighted by Crippen LogP contribution is 2.26. The third-order valence-electron chi connectivity index (χ3n) is 2.45. The van der Waals surface area contributed by atoms with E-state index in [0.29, 0.717) is 6.61 Å². The van der Waals surface area contributed by atoms with E-state index in [1.165, 1.54) is 0 Å². The summed E-state index contributed by atoms with van der Waals surface area (Å²) in [6, 6.07) is 8.20. The zero-order chi connectivity index (χ0) is 12.9. The van der Waals surface area contributed by atoms with Crippen LogP contribution in [-0.2, 0) is 5.33 Å². The first kappa shape index (κ1) is 14.5. The first-order valence-corrected chi connectivity index (χ1v) is 7.28. The van der Waals surface area contributed by atoms with Crippen LogP contribution in [0, 0.1) is 16.7 Å². The molecular weight excluding hydrogens is 346 g/mol. The van der Waals surface area contributed by atoms with E-state index in [-0.39, 0.29) is 5.41 Å². The molecule has 0 N–H and O–H groups in total. The molecular formula is C13H15Br2NO. The van der Waals surface area contributed by atoms with Gasteiger partial charge in [0.1, 0.15) is 5.75 Å². The van der Waals surface area contributed by atoms with Gasteiger partial charge in [-0.05, 0) is 38.5 Å². The minimum absolute atomic E-state index is 0.329. The summed E-state index contributed by atoms with van der Waals surface area (Å²) >= 11 is 6.86. The molecule has 1 rings (SSSR count). The van der Waals surface area contributed by atoms with E-state index in [1.54, 1.807) is 0 Å². The molecule has 4 heteroatoms. The Hall–Kier alpha value is -0.530. The Morgan fingerprint density at radius 3 is 2.71 bits per heavy atom. The lowest BCUT2D eigenvalue weighted by molar-refractivity contribution is 0.263. The van der Waals surface area contributed by atoms with Crippen LogP contribution in [0.3, 0.4) is 0 Å². The normalized spacial score (nSPS) is 11.0. The molecule has 0 unspecified atom stereocenters. The van der Waals surface area contributed by atoms with E-state index in [1.807, 2.05) is 32.0 Å². The van der Waals surface area contributed by atoms with Crippen LogP contribution in [0.2, 0.25) is 0 Å². The fraction of sp³-hybridized carbons (Fsp3) is 0.462. The minimum atomic E-state index is -0.329. The van der Waals surface area contributed by atoms with Gasteiger partial charge in [-0.3, -0.25) is 0 Å². The van der Waals surface area contributed by atoms with Gasteiger partial charge in [-0.25, -0.2) is 0 Å². The van der Waals surface area contributed by atoms with Crippen molar-refractivity contribution >= 4 is 31.9 Å². The van der Waals surface area contributed by atoms with Gasteiger partial charge >= 0.3 is 0 Å². The van der Waals surface area contributed by atoms with Gasteiger partial charge in [0.15, 0.2) is 0 Å². The molecule has 1 aromatic carbocycles. The molecule has 0 atom stereocenters. The van der Waals surface area contributed by atoms with Crippen molar-refractivity contribution in [3.8, 4) is 11.8 Å². The highest BCUT2D eigenvalue weighted by Gasteiger charge is 2.16. The number of halogens is 2. The van der Waals surface area contributed by atoms with Gasteiger partial charge in [0.05, 0.1) is 18.1 Å². The molecule has 0 saturated heterocycles. The van der Waals surface area contributed by atoms with Crippen LogP contribution in [0.25, 0.3) is 0 Å². The van der Waals surface area contributed by atoms with E-state index < -0.39 is 0 Å². The minimum Gasteiger partial charge on any atom is -0.493 e. The Balaban J connectivity index is 2.61. The number of benzene rings is 1. The second kappa shape index (κ2) is 6.42. The molecule has 17 heavy (non-hydrogen) atoms. The number of rotatable bonds is 5. The fourth-order valence-electron chi connectivity index (χ4n) is 1.27. The Bertz CT molecular complexity index is 424. The molecule has 0 heterocycles. The van der Waals surface area contributed by atoms with Crippen LogP contribution in [0.4, 0.5) is 0 Å². The first-order valence-electron chi connectivity index (χ1n) is 5.37. The van der Waals surface area contributed by atoms with Crippen molar-refractivity contribution < 1.29 is 4.74 Å². The summed E-state index contributed by atoms with van der Waals surface area (Å²) in [7, 11) is 0. The maximum Gasteiger partial charge on any atom is 0.123 e. The van der Waals surface area contributed by atoms with Crippen LogP contribution in [0.15, 0.2) is 22.7 Å². The predicted molar refractivity (Wildman–Crippen MR) is 76.3 cm³/mol. The van der Waals surface area contributed by atoms with Gasteiger partial charge in [-0.1, -0.05) is 31.9 Å². The third kappa shape index (κ3) is 4.69. The summed E-state index contributed by atoms with van der Waals surface area (Å²) < 4.78 is 6.76. The zero-order valence-electron chi connectivity index (χ0n) is 9.96. The van der Waals surface area contributed by atoms with E-state index in [2.05, 4.69) is 37.9 Å². The Morgan fingerprint density at radius 1 is 1.41 bits per heavy atom. The quantitative estimate of drug-likeness (QED) is 0.715. The molecule has 0 aromatic heterocycles. The van der Waals surface area contributed by atoms with Crippen molar-refractivity contribution in [2.45, 2.75) is 25.6 Å². The van der Waals surface area contributed by atoms with Crippen molar-refractivity contribution in [1.29, 1.82) is 5.26 Å². The molecule has 0 aliphatic rings. The molecule has 0 saturated carbocycles. The number of nitrogens with zero attached hydrogens (tertiary/aromatic N) is 1. The Morgan fingerprint density at radius 2 is 2.12 bits per heavy atom. The SMILES string of the molecule is CC(C)(C#N)CCOc1ccc(Br)cc1CBr. The van der Waals surface area contributed by atoms with Crippen LogP contribution in [0.1, 0.15) is 25.8 Å². The van der Waals surface area contributed by atoms with E-state index in [9.17, 15) is 0 Å². The molecule has 0 fully saturated rings. The fourth-order valence-corrected chi connectivity index (χ4v) is 2.11. The molecule has 2 nitrogen and oxygen atoms in total. The number of hydrogen-bond donors (Lipinski definition) is 0. The molecule has 0 aliphatic heterocycles. The number of nitriles is 1. The van der Waals surface area contributed by atoms with Gasteiger partial charge in [-0.15, -0.1) is 0 Å². The molecule has 0 spiro atoms. The number of ether oxygens (including phenoxy) is 1. The summed E-state index contributed by atoms with van der Waals surface area (Å²) in [6.07, 6.45) is 0.724. The van der Waals surface area contributed by atoms with Crippen LogP contribution >= 0.6 is 31.9 Å². The van der Waals surface area contributed by atoms with Gasteiger partial charge in [0, 0.05) is 15.4 Å². The average Bonchev–Trinajstić information content (AvgIpc) is 2.30. The largest absolute Gasteiger partial charge is 0.493 e. The van der Waals surface area contributed by atoms with E-state index in [4.69, 9.17) is 10.00 Å². The summed E-state index contributed by atoms with van der Waals surface area (Å²) in [5.74, 6) is 0.874. The second-order valence-electron chi connectivity index (χ2n) is 4.48. The van der Waals surface area contributed by atoms with Crippen molar-refractivity contribution in [1.82, 2.24) is 0 Å². The maximum atomic E-state index is 8.91. The molecule has 0 radical (unpaired) electrons. The lowest BCUT2D eigenvalue weighted by atomic mass is 9.92. The maximum absolute atomic E-state index is 8.91. The third-order valence-corrected chi connectivity index (χ3v) is 3.55. The standard InChI is InChI=1S/C13H15Br2NO/c1-13(2,9-16)5-6-17-12-4-3-11(15)7-10(12)8-14/h3-4,7H,5-6,8H2,1-2H3. The lowest BCUT2D eigenvalue weighted by Gasteiger charge is -2.16. The van der Waals surface area contributed by atoms with Gasteiger partial charge in [0.2, 0.25) is 0 Å². The highest BCUT2D eigenvalue weighted by molar-refractivity contribution is 9.10. The van der Waals surface area contributed by atoms with Crippen LogP contribution in [0.5, 0.6) is 5.75 Å². The van der Waals surface area contributed by atoms with Crippen LogP contribution in [-0.4, -0.2) is 6.61 Å². The zero-order valence-corrected chi connectivity index (χ0v) is 13.1. The topological polar surface area (TPSA) is 33.0 Å². The Kier molecular flexibility index (Phi) is 5.48.